The molecule has 0 amide bonds. The summed E-state index contributed by atoms with van der Waals surface area (Å²) in [7, 11) is 0. The van der Waals surface area contributed by atoms with Crippen molar-refractivity contribution in [1.29, 1.82) is 0 Å². The Hall–Kier alpha value is -3.62. The number of aromatic hydroxyl groups is 2. The van der Waals surface area contributed by atoms with Gasteiger partial charge in [-0.2, -0.15) is 0 Å². The Morgan fingerprint density at radius 2 is 1.34 bits per heavy atom. The van der Waals surface area contributed by atoms with E-state index >= 15 is 0 Å². The zero-order chi connectivity index (χ0) is 24.9. The Morgan fingerprint density at radius 1 is 0.829 bits per heavy atom. The van der Waals surface area contributed by atoms with Gasteiger partial charge < -0.3 is 19.0 Å². The van der Waals surface area contributed by atoms with Crippen molar-refractivity contribution in [2.75, 3.05) is 19.6 Å². The number of hydrogen-bond donors (Lipinski definition) is 2. The predicted molar refractivity (Wildman–Crippen MR) is 133 cm³/mol. The molecule has 2 aromatic carbocycles. The first-order valence-corrected chi connectivity index (χ1v) is 11.7. The first kappa shape index (κ1) is 23.1. The molecular formula is C27H28N2O6. The third-order valence-electron chi connectivity index (χ3n) is 7.05. The molecule has 1 fully saturated rings. The SMILES string of the molecule is Cc1c(O)ccc2c(CN3CCN(Cc4cc(=O)oc5c(C)c(O)ccc45)C(C)C3)cc(=O)oc12. The molecule has 0 spiro atoms. The maximum absolute atomic E-state index is 12.2. The van der Waals surface area contributed by atoms with E-state index in [0.29, 0.717) is 35.4 Å². The highest BCUT2D eigenvalue weighted by Gasteiger charge is 2.25. The molecule has 2 N–H and O–H groups in total. The zero-order valence-corrected chi connectivity index (χ0v) is 20.0. The van der Waals surface area contributed by atoms with Gasteiger partial charge in [0.15, 0.2) is 0 Å². The monoisotopic (exact) mass is 476 g/mol. The molecule has 8 heteroatoms. The van der Waals surface area contributed by atoms with Crippen molar-refractivity contribution in [3.8, 4) is 11.5 Å². The third kappa shape index (κ3) is 4.31. The Morgan fingerprint density at radius 3 is 1.86 bits per heavy atom. The molecule has 4 aromatic rings. The summed E-state index contributed by atoms with van der Waals surface area (Å²) in [5, 5.41) is 21.7. The molecule has 0 bridgehead atoms. The number of hydrogen-bond acceptors (Lipinski definition) is 8. The predicted octanol–water partition coefficient (Wildman–Crippen LogP) is 3.63. The van der Waals surface area contributed by atoms with Gasteiger partial charge in [0, 0.05) is 72.8 Å². The average Bonchev–Trinajstić information content (AvgIpc) is 2.81. The van der Waals surface area contributed by atoms with Crippen LogP contribution in [0, 0.1) is 13.8 Å². The van der Waals surface area contributed by atoms with Crippen LogP contribution in [0.3, 0.4) is 0 Å². The molecular weight excluding hydrogens is 448 g/mol. The van der Waals surface area contributed by atoms with Gasteiger partial charge in [0.05, 0.1) is 0 Å². The normalized spacial score (nSPS) is 17.4. The smallest absolute Gasteiger partial charge is 0.336 e. The van der Waals surface area contributed by atoms with Crippen LogP contribution in [0.15, 0.2) is 54.8 Å². The van der Waals surface area contributed by atoms with Crippen LogP contribution in [0.5, 0.6) is 11.5 Å². The highest BCUT2D eigenvalue weighted by molar-refractivity contribution is 5.85. The minimum Gasteiger partial charge on any atom is -0.508 e. The summed E-state index contributed by atoms with van der Waals surface area (Å²) >= 11 is 0. The summed E-state index contributed by atoms with van der Waals surface area (Å²) < 4.78 is 10.8. The molecule has 1 aliphatic heterocycles. The van der Waals surface area contributed by atoms with Gasteiger partial charge in [-0.1, -0.05) is 0 Å². The van der Waals surface area contributed by atoms with E-state index in [0.717, 1.165) is 41.5 Å². The molecule has 2 aromatic heterocycles. The number of aryl methyl sites for hydroxylation is 2. The van der Waals surface area contributed by atoms with Gasteiger partial charge in [-0.05, 0) is 56.2 Å². The summed E-state index contributed by atoms with van der Waals surface area (Å²) in [6, 6.07) is 10.1. The van der Waals surface area contributed by atoms with E-state index < -0.39 is 11.3 Å². The van der Waals surface area contributed by atoms with Crippen LogP contribution in [0.25, 0.3) is 21.9 Å². The van der Waals surface area contributed by atoms with Gasteiger partial charge in [-0.15, -0.1) is 0 Å². The van der Waals surface area contributed by atoms with E-state index in [1.807, 2.05) is 0 Å². The number of benzene rings is 2. The van der Waals surface area contributed by atoms with E-state index in [2.05, 4.69) is 16.7 Å². The van der Waals surface area contributed by atoms with Crippen molar-refractivity contribution in [2.45, 2.75) is 39.9 Å². The summed E-state index contributed by atoms with van der Waals surface area (Å²) in [4.78, 5) is 29.0. The Balaban J connectivity index is 1.36. The average molecular weight is 477 g/mol. The lowest BCUT2D eigenvalue weighted by Crippen LogP contribution is -2.51. The van der Waals surface area contributed by atoms with Crippen LogP contribution >= 0.6 is 0 Å². The fraction of sp³-hybridized carbons (Fsp3) is 0.333. The summed E-state index contributed by atoms with van der Waals surface area (Å²) in [5.41, 5.74) is 2.87. The third-order valence-corrected chi connectivity index (χ3v) is 7.05. The first-order chi connectivity index (χ1) is 16.7. The van der Waals surface area contributed by atoms with Crippen LogP contribution in [-0.4, -0.2) is 45.7 Å². The van der Waals surface area contributed by atoms with Gasteiger partial charge in [-0.25, -0.2) is 9.59 Å². The summed E-state index contributed by atoms with van der Waals surface area (Å²) in [5.74, 6) is 0.209. The van der Waals surface area contributed by atoms with E-state index in [1.165, 1.54) is 12.1 Å². The molecule has 1 unspecified atom stereocenters. The molecule has 0 radical (unpaired) electrons. The molecule has 182 valence electrons. The molecule has 1 atom stereocenters. The minimum absolute atomic E-state index is 0.104. The molecule has 0 aliphatic carbocycles. The van der Waals surface area contributed by atoms with Gasteiger partial charge in [0.25, 0.3) is 0 Å². The van der Waals surface area contributed by atoms with Crippen LogP contribution in [0.1, 0.15) is 29.2 Å². The topological polar surface area (TPSA) is 107 Å². The summed E-state index contributed by atoms with van der Waals surface area (Å²) in [6.45, 7) is 9.19. The summed E-state index contributed by atoms with van der Waals surface area (Å²) in [6.07, 6.45) is 0. The van der Waals surface area contributed by atoms with Crippen LogP contribution in [-0.2, 0) is 13.1 Å². The molecule has 1 aliphatic rings. The quantitative estimate of drug-likeness (QED) is 0.430. The largest absolute Gasteiger partial charge is 0.508 e. The highest BCUT2D eigenvalue weighted by atomic mass is 16.4. The second-order valence-corrected chi connectivity index (χ2v) is 9.41. The van der Waals surface area contributed by atoms with Gasteiger partial charge in [0.1, 0.15) is 22.7 Å². The highest BCUT2D eigenvalue weighted by Crippen LogP contribution is 2.30. The Kier molecular flexibility index (Phi) is 5.86. The number of phenols is 2. The molecule has 5 rings (SSSR count). The van der Waals surface area contributed by atoms with E-state index in [9.17, 15) is 19.8 Å². The first-order valence-electron chi connectivity index (χ1n) is 11.7. The molecule has 1 saturated heterocycles. The maximum Gasteiger partial charge on any atom is 0.336 e. The second kappa shape index (κ2) is 8.87. The van der Waals surface area contributed by atoms with Crippen molar-refractivity contribution in [1.82, 2.24) is 9.80 Å². The molecule has 0 saturated carbocycles. The number of fused-ring (bicyclic) bond motifs is 2. The molecule has 35 heavy (non-hydrogen) atoms. The lowest BCUT2D eigenvalue weighted by molar-refractivity contribution is 0.0737. The lowest BCUT2D eigenvalue weighted by Gasteiger charge is -2.40. The van der Waals surface area contributed by atoms with Crippen molar-refractivity contribution >= 4 is 21.9 Å². The second-order valence-electron chi connectivity index (χ2n) is 9.41. The van der Waals surface area contributed by atoms with Crippen molar-refractivity contribution in [3.05, 3.63) is 79.5 Å². The lowest BCUT2D eigenvalue weighted by atomic mass is 10.0. The standard InChI is InChI=1S/C27H28N2O6/c1-15-12-28(13-18-10-24(32)34-26-16(2)22(30)6-4-20(18)26)8-9-29(15)14-19-11-25(33)35-27-17(3)23(31)7-5-21(19)27/h4-7,10-11,15,30-31H,8-9,12-14H2,1-3H3. The number of nitrogens with zero attached hydrogens (tertiary/aromatic N) is 2. The Bertz CT molecular complexity index is 1550. The number of rotatable bonds is 4. The van der Waals surface area contributed by atoms with Gasteiger partial charge >= 0.3 is 11.3 Å². The molecule has 8 nitrogen and oxygen atoms in total. The molecule has 3 heterocycles. The van der Waals surface area contributed by atoms with Crippen molar-refractivity contribution in [3.63, 3.8) is 0 Å². The van der Waals surface area contributed by atoms with Gasteiger partial charge in [0.2, 0.25) is 0 Å². The zero-order valence-electron chi connectivity index (χ0n) is 20.0. The van der Waals surface area contributed by atoms with Crippen LogP contribution < -0.4 is 11.3 Å². The Labute approximate surface area is 201 Å². The maximum atomic E-state index is 12.2. The fourth-order valence-corrected chi connectivity index (χ4v) is 5.00. The van der Waals surface area contributed by atoms with E-state index in [1.54, 1.807) is 38.1 Å². The van der Waals surface area contributed by atoms with Crippen LogP contribution in [0.4, 0.5) is 0 Å². The minimum atomic E-state index is -0.427. The number of piperazine rings is 1. The van der Waals surface area contributed by atoms with E-state index in [4.69, 9.17) is 8.83 Å². The van der Waals surface area contributed by atoms with Crippen LogP contribution in [0.2, 0.25) is 0 Å². The van der Waals surface area contributed by atoms with Crippen molar-refractivity contribution in [2.24, 2.45) is 0 Å². The van der Waals surface area contributed by atoms with Gasteiger partial charge in [-0.3, -0.25) is 9.80 Å². The number of phenolic OH excluding ortho intramolecular Hbond substituents is 2. The van der Waals surface area contributed by atoms with Crippen molar-refractivity contribution < 1.29 is 19.0 Å². The fourth-order valence-electron chi connectivity index (χ4n) is 5.00. The van der Waals surface area contributed by atoms with E-state index in [-0.39, 0.29) is 17.5 Å².